The number of benzene rings is 1. The molecule has 1 aliphatic carbocycles. The zero-order valence-electron chi connectivity index (χ0n) is 11.2. The molecule has 18 heavy (non-hydrogen) atoms. The van der Waals surface area contributed by atoms with E-state index >= 15 is 0 Å². The topological polar surface area (TPSA) is 21.3 Å². The quantitative estimate of drug-likeness (QED) is 0.880. The summed E-state index contributed by atoms with van der Waals surface area (Å²) in [5.41, 5.74) is 1.66. The van der Waals surface area contributed by atoms with Crippen LogP contribution >= 0.6 is 0 Å². The van der Waals surface area contributed by atoms with E-state index in [0.717, 1.165) is 18.2 Å². The van der Waals surface area contributed by atoms with E-state index in [2.05, 4.69) is 23.5 Å². The molecule has 1 saturated heterocycles. The highest BCUT2D eigenvalue weighted by molar-refractivity contribution is 5.35. The number of hydrogen-bond acceptors (Lipinski definition) is 2. The minimum absolute atomic E-state index is 0.227. The third-order valence-electron chi connectivity index (χ3n) is 4.55. The summed E-state index contributed by atoms with van der Waals surface area (Å²) in [7, 11) is 1.75. The molecule has 1 heterocycles. The summed E-state index contributed by atoms with van der Waals surface area (Å²) in [4.78, 5) is 0. The van der Waals surface area contributed by atoms with Gasteiger partial charge >= 0.3 is 0 Å². The first kappa shape index (κ1) is 12.0. The second kappa shape index (κ2) is 4.93. The van der Waals surface area contributed by atoms with Crippen molar-refractivity contribution in [2.45, 2.75) is 44.1 Å². The van der Waals surface area contributed by atoms with Crippen LogP contribution in [0, 0.1) is 5.92 Å². The molecule has 1 unspecified atom stereocenters. The van der Waals surface area contributed by atoms with Gasteiger partial charge in [0, 0.05) is 5.54 Å². The number of ether oxygens (including phenoxy) is 1. The third-order valence-corrected chi connectivity index (χ3v) is 4.55. The van der Waals surface area contributed by atoms with E-state index in [0.29, 0.717) is 0 Å². The Morgan fingerprint density at radius 3 is 2.89 bits per heavy atom. The molecule has 2 heteroatoms. The Kier molecular flexibility index (Phi) is 3.29. The van der Waals surface area contributed by atoms with E-state index in [-0.39, 0.29) is 5.54 Å². The van der Waals surface area contributed by atoms with Crippen LogP contribution < -0.4 is 10.1 Å². The molecule has 0 aromatic heterocycles. The minimum Gasteiger partial charge on any atom is -0.497 e. The molecule has 1 N–H and O–H groups in total. The van der Waals surface area contributed by atoms with Gasteiger partial charge in [-0.05, 0) is 55.8 Å². The fourth-order valence-corrected chi connectivity index (χ4v) is 3.41. The fourth-order valence-electron chi connectivity index (χ4n) is 3.41. The second-order valence-electron chi connectivity index (χ2n) is 5.72. The standard InChI is InChI=1S/C16H23NO/c1-18-15-7-5-6-14(12-15)16(13-8-9-13)10-3-2-4-11-17-16/h5-7,12-13,17H,2-4,8-11H2,1H3. The Balaban J connectivity index is 1.96. The normalized spacial score (nSPS) is 28.7. The Labute approximate surface area is 110 Å². The van der Waals surface area contributed by atoms with Gasteiger partial charge in [0.05, 0.1) is 7.11 Å². The maximum Gasteiger partial charge on any atom is 0.119 e. The fraction of sp³-hybridized carbons (Fsp3) is 0.625. The van der Waals surface area contributed by atoms with Crippen LogP contribution in [0.3, 0.4) is 0 Å². The maximum absolute atomic E-state index is 5.39. The monoisotopic (exact) mass is 245 g/mol. The Morgan fingerprint density at radius 1 is 1.22 bits per heavy atom. The lowest BCUT2D eigenvalue weighted by Crippen LogP contribution is -2.43. The molecule has 1 aromatic carbocycles. The first-order valence-corrected chi connectivity index (χ1v) is 7.25. The van der Waals surface area contributed by atoms with Crippen molar-refractivity contribution in [1.82, 2.24) is 5.32 Å². The van der Waals surface area contributed by atoms with Crippen molar-refractivity contribution in [2.75, 3.05) is 13.7 Å². The van der Waals surface area contributed by atoms with Crippen molar-refractivity contribution < 1.29 is 4.74 Å². The highest BCUT2D eigenvalue weighted by atomic mass is 16.5. The molecule has 0 bridgehead atoms. The van der Waals surface area contributed by atoms with Gasteiger partial charge in [0.15, 0.2) is 0 Å². The van der Waals surface area contributed by atoms with Crippen LogP contribution in [0.1, 0.15) is 44.1 Å². The Hall–Kier alpha value is -1.02. The van der Waals surface area contributed by atoms with Crippen molar-refractivity contribution in [2.24, 2.45) is 5.92 Å². The second-order valence-corrected chi connectivity index (χ2v) is 5.72. The predicted octanol–water partition coefficient (Wildman–Crippen LogP) is 3.46. The summed E-state index contributed by atoms with van der Waals surface area (Å²) < 4.78 is 5.39. The van der Waals surface area contributed by atoms with Crippen LogP contribution in [0.15, 0.2) is 24.3 Å². The first-order valence-electron chi connectivity index (χ1n) is 7.25. The highest BCUT2D eigenvalue weighted by Gasteiger charge is 2.46. The molecule has 1 saturated carbocycles. The Morgan fingerprint density at radius 2 is 2.11 bits per heavy atom. The molecule has 0 radical (unpaired) electrons. The molecular formula is C16H23NO. The minimum atomic E-state index is 0.227. The molecule has 2 fully saturated rings. The van der Waals surface area contributed by atoms with Crippen LogP contribution in [0.4, 0.5) is 0 Å². The summed E-state index contributed by atoms with van der Waals surface area (Å²) in [6, 6.07) is 8.68. The van der Waals surface area contributed by atoms with E-state index in [4.69, 9.17) is 4.74 Å². The largest absolute Gasteiger partial charge is 0.497 e. The molecule has 2 nitrogen and oxygen atoms in total. The van der Waals surface area contributed by atoms with Gasteiger partial charge in [-0.25, -0.2) is 0 Å². The third kappa shape index (κ3) is 2.14. The van der Waals surface area contributed by atoms with E-state index in [1.54, 1.807) is 7.11 Å². The van der Waals surface area contributed by atoms with Gasteiger partial charge < -0.3 is 10.1 Å². The molecule has 0 amide bonds. The average molecular weight is 245 g/mol. The molecule has 1 aliphatic heterocycles. The summed E-state index contributed by atoms with van der Waals surface area (Å²) in [6.45, 7) is 1.16. The predicted molar refractivity (Wildman–Crippen MR) is 73.9 cm³/mol. The van der Waals surface area contributed by atoms with Gasteiger partial charge in [0.25, 0.3) is 0 Å². The summed E-state index contributed by atoms with van der Waals surface area (Å²) in [5.74, 6) is 1.82. The van der Waals surface area contributed by atoms with Crippen molar-refractivity contribution >= 4 is 0 Å². The van der Waals surface area contributed by atoms with Crippen LogP contribution in [0.25, 0.3) is 0 Å². The molecule has 98 valence electrons. The SMILES string of the molecule is COc1cccc(C2(C3CC3)CCCCCN2)c1. The van der Waals surface area contributed by atoms with E-state index in [1.165, 1.54) is 44.1 Å². The van der Waals surface area contributed by atoms with E-state index in [1.807, 2.05) is 6.07 Å². The molecule has 2 aliphatic rings. The number of nitrogens with one attached hydrogen (secondary N) is 1. The van der Waals surface area contributed by atoms with Crippen LogP contribution in [0.2, 0.25) is 0 Å². The molecular weight excluding hydrogens is 222 g/mol. The summed E-state index contributed by atoms with van der Waals surface area (Å²) in [5, 5.41) is 3.87. The van der Waals surface area contributed by atoms with Gasteiger partial charge in [-0.15, -0.1) is 0 Å². The van der Waals surface area contributed by atoms with Crippen LogP contribution in [0.5, 0.6) is 5.75 Å². The lowest BCUT2D eigenvalue weighted by molar-refractivity contribution is 0.277. The van der Waals surface area contributed by atoms with Crippen LogP contribution in [-0.2, 0) is 5.54 Å². The zero-order chi connectivity index (χ0) is 12.4. The summed E-state index contributed by atoms with van der Waals surface area (Å²) in [6.07, 6.45) is 8.07. The number of methoxy groups -OCH3 is 1. The summed E-state index contributed by atoms with van der Waals surface area (Å²) >= 11 is 0. The van der Waals surface area contributed by atoms with Crippen LogP contribution in [-0.4, -0.2) is 13.7 Å². The van der Waals surface area contributed by atoms with Crippen molar-refractivity contribution in [3.8, 4) is 5.75 Å². The van der Waals surface area contributed by atoms with Gasteiger partial charge in [0.2, 0.25) is 0 Å². The number of rotatable bonds is 3. The molecule has 3 rings (SSSR count). The van der Waals surface area contributed by atoms with Gasteiger partial charge in [0.1, 0.15) is 5.75 Å². The van der Waals surface area contributed by atoms with Gasteiger partial charge in [-0.1, -0.05) is 25.0 Å². The molecule has 0 spiro atoms. The molecule has 1 atom stereocenters. The average Bonchev–Trinajstić information content (AvgIpc) is 3.25. The van der Waals surface area contributed by atoms with Crippen molar-refractivity contribution in [3.63, 3.8) is 0 Å². The smallest absolute Gasteiger partial charge is 0.119 e. The Bertz CT molecular complexity index is 403. The van der Waals surface area contributed by atoms with Crippen molar-refractivity contribution in [3.05, 3.63) is 29.8 Å². The lowest BCUT2D eigenvalue weighted by atomic mass is 9.81. The zero-order valence-corrected chi connectivity index (χ0v) is 11.2. The highest BCUT2D eigenvalue weighted by Crippen LogP contribution is 2.49. The number of hydrogen-bond donors (Lipinski definition) is 1. The maximum atomic E-state index is 5.39. The van der Waals surface area contributed by atoms with Gasteiger partial charge in [-0.2, -0.15) is 0 Å². The van der Waals surface area contributed by atoms with E-state index in [9.17, 15) is 0 Å². The van der Waals surface area contributed by atoms with Crippen molar-refractivity contribution in [1.29, 1.82) is 0 Å². The van der Waals surface area contributed by atoms with Gasteiger partial charge in [-0.3, -0.25) is 0 Å². The lowest BCUT2D eigenvalue weighted by Gasteiger charge is -2.35. The molecule has 1 aromatic rings. The first-order chi connectivity index (χ1) is 8.85. The van der Waals surface area contributed by atoms with E-state index < -0.39 is 0 Å².